The second-order valence-corrected chi connectivity index (χ2v) is 10.2. The first kappa shape index (κ1) is 24.6. The minimum atomic E-state index is -1.11. The van der Waals surface area contributed by atoms with E-state index in [-0.39, 0.29) is 29.2 Å². The molecule has 190 valence electrons. The maximum atomic E-state index is 13.5. The molecule has 1 saturated carbocycles. The Labute approximate surface area is 216 Å². The molecule has 8 heteroatoms. The van der Waals surface area contributed by atoms with Crippen LogP contribution in [0.4, 0.5) is 5.82 Å². The van der Waals surface area contributed by atoms with Crippen molar-refractivity contribution in [1.29, 1.82) is 0 Å². The van der Waals surface area contributed by atoms with E-state index >= 15 is 0 Å². The van der Waals surface area contributed by atoms with Crippen LogP contribution < -0.4 is 4.90 Å². The first-order chi connectivity index (χ1) is 17.8. The van der Waals surface area contributed by atoms with Crippen molar-refractivity contribution in [3.8, 4) is 16.8 Å². The van der Waals surface area contributed by atoms with Gasteiger partial charge >= 0.3 is 5.97 Å². The van der Waals surface area contributed by atoms with Crippen molar-refractivity contribution in [3.63, 3.8) is 0 Å². The van der Waals surface area contributed by atoms with Crippen LogP contribution >= 0.6 is 0 Å². The van der Waals surface area contributed by atoms with E-state index in [2.05, 4.69) is 22.0 Å². The Morgan fingerprint density at radius 1 is 0.946 bits per heavy atom. The maximum Gasteiger partial charge on any atom is 0.341 e. The Kier molecular flexibility index (Phi) is 6.74. The number of aromatic nitrogens is 4. The van der Waals surface area contributed by atoms with Crippen LogP contribution in [0.5, 0.6) is 0 Å². The molecule has 8 nitrogen and oxygen atoms in total. The van der Waals surface area contributed by atoms with Crippen LogP contribution in [-0.4, -0.2) is 42.8 Å². The predicted molar refractivity (Wildman–Crippen MR) is 143 cm³/mol. The maximum absolute atomic E-state index is 13.5. The Morgan fingerprint density at radius 2 is 1.59 bits per heavy atom. The number of anilines is 1. The van der Waals surface area contributed by atoms with Crippen LogP contribution in [-0.2, 0) is 4.79 Å². The molecule has 1 aliphatic rings. The van der Waals surface area contributed by atoms with Gasteiger partial charge in [0.15, 0.2) is 5.82 Å². The molecule has 0 atom stereocenters. The summed E-state index contributed by atoms with van der Waals surface area (Å²) in [5, 5.41) is 14.6. The summed E-state index contributed by atoms with van der Waals surface area (Å²) in [7, 11) is 0. The van der Waals surface area contributed by atoms with Gasteiger partial charge in [-0.3, -0.25) is 19.7 Å². The first-order valence-electron chi connectivity index (χ1n) is 12.8. The Bertz CT molecular complexity index is 1440. The van der Waals surface area contributed by atoms with Crippen LogP contribution in [0.3, 0.4) is 0 Å². The number of hydrogen-bond donors (Lipinski definition) is 1. The summed E-state index contributed by atoms with van der Waals surface area (Å²) >= 11 is 0. The summed E-state index contributed by atoms with van der Waals surface area (Å²) in [6.45, 7) is 6.01. The van der Waals surface area contributed by atoms with Gasteiger partial charge in [0.25, 0.3) is 0 Å². The third-order valence-electron chi connectivity index (χ3n) is 7.21. The zero-order valence-corrected chi connectivity index (χ0v) is 21.3. The van der Waals surface area contributed by atoms with Gasteiger partial charge in [-0.15, -0.1) is 5.10 Å². The fraction of sp³-hybridized carbons (Fsp3) is 0.345. The summed E-state index contributed by atoms with van der Waals surface area (Å²) in [6, 6.07) is 13.4. The molecule has 1 amide bonds. The van der Waals surface area contributed by atoms with Gasteiger partial charge in [0, 0.05) is 30.6 Å². The zero-order valence-electron chi connectivity index (χ0n) is 21.3. The molecule has 0 spiro atoms. The van der Waals surface area contributed by atoms with Gasteiger partial charge in [-0.05, 0) is 80.8 Å². The van der Waals surface area contributed by atoms with E-state index in [1.807, 2.05) is 56.3 Å². The molecule has 0 unspecified atom stereocenters. The number of amides is 1. The number of carboxylic acids is 1. The number of carbonyl (C=O) groups excluding carboxylic acids is 1. The van der Waals surface area contributed by atoms with E-state index in [0.29, 0.717) is 11.6 Å². The number of carboxylic acid groups (broad SMARTS) is 1. The highest BCUT2D eigenvalue weighted by Crippen LogP contribution is 2.33. The number of hydrogen-bond acceptors (Lipinski definition) is 5. The highest BCUT2D eigenvalue weighted by molar-refractivity contribution is 6.01. The summed E-state index contributed by atoms with van der Waals surface area (Å²) < 4.78 is 1.54. The summed E-state index contributed by atoms with van der Waals surface area (Å²) in [6.07, 6.45) is 8.51. The van der Waals surface area contributed by atoms with Gasteiger partial charge in [0.2, 0.25) is 5.91 Å². The minimum Gasteiger partial charge on any atom is -0.477 e. The number of rotatable bonds is 6. The highest BCUT2D eigenvalue weighted by atomic mass is 16.4. The summed E-state index contributed by atoms with van der Waals surface area (Å²) in [4.78, 5) is 36.0. The lowest BCUT2D eigenvalue weighted by molar-refractivity contribution is -0.124. The van der Waals surface area contributed by atoms with Crippen molar-refractivity contribution in [3.05, 3.63) is 66.6 Å². The molecule has 37 heavy (non-hydrogen) atoms. The topological polar surface area (TPSA) is 101 Å². The van der Waals surface area contributed by atoms with Crippen molar-refractivity contribution < 1.29 is 14.7 Å². The standard InChI is InChI=1S/C29H31N5O3/c1-18(2)34(28(35)21-6-4-19(3)5-7-21)27-24(29(36)37)17-33(32-27)23-11-8-20(9-12-23)22-10-13-25-26(16-22)31-15-14-30-25/h8-19,21H,4-7H2,1-3H3,(H,36,37)/t19-,21-. The molecule has 4 aromatic rings. The molecular weight excluding hydrogens is 466 g/mol. The molecule has 2 aromatic heterocycles. The van der Waals surface area contributed by atoms with Crippen molar-refractivity contribution in [2.45, 2.75) is 52.5 Å². The molecule has 1 N–H and O–H groups in total. The minimum absolute atomic E-state index is 0.0170. The SMILES string of the molecule is CC(C)N(c1nn(-c2ccc(-c3ccc4nccnc4c3)cc2)cc1C(=O)O)C(=O)[C@H]1CC[C@H](C)CC1. The van der Waals surface area contributed by atoms with E-state index in [4.69, 9.17) is 0 Å². The Hall–Kier alpha value is -4.07. The molecular formula is C29H31N5O3. The van der Waals surface area contributed by atoms with Gasteiger partial charge in [-0.2, -0.15) is 0 Å². The number of carbonyl (C=O) groups is 2. The van der Waals surface area contributed by atoms with E-state index in [0.717, 1.165) is 47.8 Å². The first-order valence-corrected chi connectivity index (χ1v) is 12.8. The molecule has 2 aromatic carbocycles. The summed E-state index contributed by atoms with van der Waals surface area (Å²) in [5.74, 6) is -0.425. The van der Waals surface area contributed by atoms with Crippen LogP contribution in [0.2, 0.25) is 0 Å². The monoisotopic (exact) mass is 497 g/mol. The Balaban J connectivity index is 1.46. The predicted octanol–water partition coefficient (Wildman–Crippen LogP) is 5.75. The van der Waals surface area contributed by atoms with Gasteiger partial charge in [-0.1, -0.05) is 25.1 Å². The van der Waals surface area contributed by atoms with Crippen molar-refractivity contribution in [2.24, 2.45) is 11.8 Å². The van der Waals surface area contributed by atoms with Gasteiger partial charge in [0.05, 0.1) is 16.7 Å². The Morgan fingerprint density at radius 3 is 2.24 bits per heavy atom. The molecule has 1 fully saturated rings. The zero-order chi connectivity index (χ0) is 26.1. The van der Waals surface area contributed by atoms with Crippen LogP contribution in [0.25, 0.3) is 27.8 Å². The molecule has 0 radical (unpaired) electrons. The molecule has 5 rings (SSSR count). The van der Waals surface area contributed by atoms with E-state index in [1.54, 1.807) is 22.0 Å². The van der Waals surface area contributed by atoms with E-state index < -0.39 is 5.97 Å². The molecule has 0 saturated heterocycles. The fourth-order valence-corrected chi connectivity index (χ4v) is 5.08. The quantitative estimate of drug-likeness (QED) is 0.364. The van der Waals surface area contributed by atoms with Gasteiger partial charge in [0.1, 0.15) is 5.56 Å². The molecule has 1 aliphatic carbocycles. The average Bonchev–Trinajstić information content (AvgIpc) is 3.34. The van der Waals surface area contributed by atoms with Crippen molar-refractivity contribution in [2.75, 3.05) is 4.90 Å². The van der Waals surface area contributed by atoms with Crippen molar-refractivity contribution in [1.82, 2.24) is 19.7 Å². The lowest BCUT2D eigenvalue weighted by Gasteiger charge is -2.32. The molecule has 0 aliphatic heterocycles. The van der Waals surface area contributed by atoms with Crippen molar-refractivity contribution >= 4 is 28.7 Å². The second kappa shape index (κ2) is 10.1. The summed E-state index contributed by atoms with van der Waals surface area (Å²) in [5.41, 5.74) is 4.37. The highest BCUT2D eigenvalue weighted by Gasteiger charge is 2.34. The van der Waals surface area contributed by atoms with Gasteiger partial charge in [-0.25, -0.2) is 9.48 Å². The van der Waals surface area contributed by atoms with E-state index in [1.165, 1.54) is 6.20 Å². The number of fused-ring (bicyclic) bond motifs is 1. The van der Waals surface area contributed by atoms with E-state index in [9.17, 15) is 14.7 Å². The molecule has 0 bridgehead atoms. The van der Waals surface area contributed by atoms with Crippen LogP contribution in [0.15, 0.2) is 61.1 Å². The average molecular weight is 498 g/mol. The van der Waals surface area contributed by atoms with Crippen LogP contribution in [0, 0.1) is 11.8 Å². The third-order valence-corrected chi connectivity index (χ3v) is 7.21. The normalized spacial score (nSPS) is 17.7. The number of nitrogens with zero attached hydrogens (tertiary/aromatic N) is 5. The van der Waals surface area contributed by atoms with Crippen LogP contribution in [0.1, 0.15) is 56.8 Å². The largest absolute Gasteiger partial charge is 0.477 e. The smallest absolute Gasteiger partial charge is 0.341 e. The number of aromatic carboxylic acids is 1. The molecule has 2 heterocycles. The fourth-order valence-electron chi connectivity index (χ4n) is 5.08. The number of benzene rings is 2. The van der Waals surface area contributed by atoms with Gasteiger partial charge < -0.3 is 5.11 Å². The lowest BCUT2D eigenvalue weighted by Crippen LogP contribution is -2.43. The lowest BCUT2D eigenvalue weighted by atomic mass is 9.82. The second-order valence-electron chi connectivity index (χ2n) is 10.2. The third kappa shape index (κ3) is 4.96.